The molecule has 8 nitrogen and oxygen atoms in total. The summed E-state index contributed by atoms with van der Waals surface area (Å²) in [7, 11) is 0. The van der Waals surface area contributed by atoms with Crippen molar-refractivity contribution < 1.29 is 4.79 Å². The van der Waals surface area contributed by atoms with Gasteiger partial charge in [-0.2, -0.15) is 10.2 Å². The zero-order valence-electron chi connectivity index (χ0n) is 19.7. The molecule has 0 radical (unpaired) electrons. The van der Waals surface area contributed by atoms with Crippen molar-refractivity contribution in [1.82, 2.24) is 30.2 Å². The van der Waals surface area contributed by atoms with Gasteiger partial charge in [-0.25, -0.2) is 4.68 Å². The fourth-order valence-corrected chi connectivity index (χ4v) is 5.24. The Morgan fingerprint density at radius 2 is 1.94 bits per heavy atom. The summed E-state index contributed by atoms with van der Waals surface area (Å²) >= 11 is 6.06. The van der Waals surface area contributed by atoms with Crippen LogP contribution in [0.2, 0.25) is 5.02 Å². The fraction of sp³-hybridized carbons (Fsp3) is 0.520. The molecule has 2 aromatic heterocycles. The van der Waals surface area contributed by atoms with Crippen molar-refractivity contribution in [2.45, 2.75) is 39.0 Å². The lowest BCUT2D eigenvalue weighted by atomic mass is 9.97. The Kier molecular flexibility index (Phi) is 6.97. The van der Waals surface area contributed by atoms with E-state index >= 15 is 0 Å². The van der Waals surface area contributed by atoms with E-state index in [1.165, 1.54) is 25.9 Å². The number of aromatic nitrogens is 4. The molecule has 9 heteroatoms. The van der Waals surface area contributed by atoms with Crippen molar-refractivity contribution in [3.05, 3.63) is 41.2 Å². The van der Waals surface area contributed by atoms with Crippen molar-refractivity contribution >= 4 is 34.2 Å². The molecular weight excluding hydrogens is 450 g/mol. The molecule has 5 rings (SSSR count). The first-order chi connectivity index (χ1) is 16.6. The van der Waals surface area contributed by atoms with Gasteiger partial charge in [-0.1, -0.05) is 11.6 Å². The van der Waals surface area contributed by atoms with Crippen LogP contribution in [0, 0.1) is 12.8 Å². The molecule has 1 aromatic carbocycles. The summed E-state index contributed by atoms with van der Waals surface area (Å²) in [5, 5.41) is 18.4. The van der Waals surface area contributed by atoms with E-state index in [9.17, 15) is 4.79 Å². The van der Waals surface area contributed by atoms with E-state index in [2.05, 4.69) is 25.3 Å². The Morgan fingerprint density at radius 1 is 1.15 bits per heavy atom. The third-order valence-corrected chi connectivity index (χ3v) is 7.28. The summed E-state index contributed by atoms with van der Waals surface area (Å²) in [5.41, 5.74) is 2.75. The van der Waals surface area contributed by atoms with Crippen molar-refractivity contribution in [3.63, 3.8) is 0 Å². The maximum Gasteiger partial charge on any atom is 0.224 e. The highest BCUT2D eigenvalue weighted by Crippen LogP contribution is 2.30. The quantitative estimate of drug-likeness (QED) is 0.519. The zero-order valence-corrected chi connectivity index (χ0v) is 20.5. The summed E-state index contributed by atoms with van der Waals surface area (Å²) in [4.78, 5) is 17.5. The van der Waals surface area contributed by atoms with Crippen LogP contribution in [0.5, 0.6) is 0 Å². The third kappa shape index (κ3) is 4.88. The van der Waals surface area contributed by atoms with Gasteiger partial charge in [-0.3, -0.25) is 4.79 Å². The molecule has 1 N–H and O–H groups in total. The number of piperidine rings is 1. The third-order valence-electron chi connectivity index (χ3n) is 7.03. The second kappa shape index (κ2) is 10.3. The molecule has 34 heavy (non-hydrogen) atoms. The number of hydrogen-bond acceptors (Lipinski definition) is 6. The van der Waals surface area contributed by atoms with E-state index in [0.29, 0.717) is 11.6 Å². The van der Waals surface area contributed by atoms with Crippen LogP contribution in [0.3, 0.4) is 0 Å². The molecule has 2 aliphatic heterocycles. The monoisotopic (exact) mass is 481 g/mol. The molecule has 2 fully saturated rings. The molecule has 180 valence electrons. The lowest BCUT2D eigenvalue weighted by molar-refractivity contribution is -0.125. The Hall–Kier alpha value is -2.71. The zero-order chi connectivity index (χ0) is 23.5. The van der Waals surface area contributed by atoms with Gasteiger partial charge < -0.3 is 15.1 Å². The number of fused-ring (bicyclic) bond motifs is 1. The van der Waals surface area contributed by atoms with Crippen LogP contribution < -0.4 is 10.2 Å². The predicted molar refractivity (Wildman–Crippen MR) is 135 cm³/mol. The molecule has 0 spiro atoms. The number of nitrogens with one attached hydrogen (secondary N) is 1. The number of carbonyl (C=O) groups is 1. The Labute approximate surface area is 205 Å². The van der Waals surface area contributed by atoms with E-state index in [1.807, 2.05) is 35.9 Å². The average molecular weight is 482 g/mol. The minimum Gasteiger partial charge on any atom is -0.356 e. The van der Waals surface area contributed by atoms with Crippen LogP contribution in [0.25, 0.3) is 16.6 Å². The van der Waals surface area contributed by atoms with Crippen LogP contribution in [0.1, 0.15) is 37.8 Å². The number of halogens is 1. The largest absolute Gasteiger partial charge is 0.356 e. The summed E-state index contributed by atoms with van der Waals surface area (Å²) in [6.07, 6.45) is 7.22. The summed E-state index contributed by atoms with van der Waals surface area (Å²) in [5.74, 6) is 0.853. The van der Waals surface area contributed by atoms with E-state index in [4.69, 9.17) is 16.7 Å². The van der Waals surface area contributed by atoms with Crippen LogP contribution in [0.15, 0.2) is 30.5 Å². The highest BCUT2D eigenvalue weighted by Gasteiger charge is 2.28. The van der Waals surface area contributed by atoms with E-state index in [1.54, 1.807) is 6.20 Å². The van der Waals surface area contributed by atoms with Gasteiger partial charge in [0.1, 0.15) is 5.52 Å². The van der Waals surface area contributed by atoms with Crippen LogP contribution in [-0.2, 0) is 4.79 Å². The lowest BCUT2D eigenvalue weighted by Gasteiger charge is -2.32. The molecule has 0 saturated carbocycles. The molecule has 0 bridgehead atoms. The minimum absolute atomic E-state index is 0.0444. The number of amides is 1. The van der Waals surface area contributed by atoms with Gasteiger partial charge in [0.05, 0.1) is 23.5 Å². The number of hydrogen-bond donors (Lipinski definition) is 1. The van der Waals surface area contributed by atoms with Crippen molar-refractivity contribution in [1.29, 1.82) is 0 Å². The van der Waals surface area contributed by atoms with E-state index in [-0.39, 0.29) is 11.8 Å². The van der Waals surface area contributed by atoms with Gasteiger partial charge in [0, 0.05) is 30.0 Å². The first-order valence-corrected chi connectivity index (χ1v) is 12.7. The molecule has 1 unspecified atom stereocenters. The lowest BCUT2D eigenvalue weighted by Crippen LogP contribution is -2.44. The molecule has 2 saturated heterocycles. The van der Waals surface area contributed by atoms with Gasteiger partial charge >= 0.3 is 0 Å². The topological polar surface area (TPSA) is 79.2 Å². The Morgan fingerprint density at radius 3 is 2.74 bits per heavy atom. The van der Waals surface area contributed by atoms with Gasteiger partial charge in [0.15, 0.2) is 5.82 Å². The van der Waals surface area contributed by atoms with Crippen LogP contribution in [-0.4, -0.2) is 70.1 Å². The molecule has 1 atom stereocenters. The number of rotatable bonds is 7. The SMILES string of the molecule is Cc1c2cnnc(N3CCCC(C(=O)NCCCN4CCCC4)C3)c2nn1-c1ccc(Cl)cc1. The van der Waals surface area contributed by atoms with Gasteiger partial charge in [0.2, 0.25) is 5.91 Å². The normalized spacial score (nSPS) is 19.1. The Bertz CT molecular complexity index is 1140. The molecule has 3 aromatic rings. The first kappa shape index (κ1) is 23.1. The summed E-state index contributed by atoms with van der Waals surface area (Å²) in [6.45, 7) is 7.73. The number of benzene rings is 1. The van der Waals surface area contributed by atoms with Crippen LogP contribution in [0.4, 0.5) is 5.82 Å². The number of anilines is 1. The first-order valence-electron chi connectivity index (χ1n) is 12.3. The van der Waals surface area contributed by atoms with E-state index < -0.39 is 0 Å². The number of aryl methyl sites for hydroxylation is 1. The maximum absolute atomic E-state index is 12.9. The van der Waals surface area contributed by atoms with Gasteiger partial charge in [0.25, 0.3) is 0 Å². The predicted octanol–water partition coefficient (Wildman–Crippen LogP) is 3.60. The van der Waals surface area contributed by atoms with Gasteiger partial charge in [-0.15, -0.1) is 5.10 Å². The molecule has 0 aliphatic carbocycles. The number of nitrogens with zero attached hydrogens (tertiary/aromatic N) is 6. The second-order valence-electron chi connectivity index (χ2n) is 9.38. The molecule has 4 heterocycles. The standard InChI is InChI=1S/C25H32ClN7O/c1-18-22-16-28-29-24(23(22)30-33(18)21-9-7-20(26)8-10-21)32-15-4-6-19(17-32)25(34)27-11-5-14-31-12-2-3-13-31/h7-10,16,19H,2-6,11-15,17H2,1H3,(H,27,34). The van der Waals surface area contributed by atoms with Crippen LogP contribution >= 0.6 is 11.6 Å². The summed E-state index contributed by atoms with van der Waals surface area (Å²) < 4.78 is 1.91. The van der Waals surface area contributed by atoms with Crippen molar-refractivity contribution in [3.8, 4) is 5.69 Å². The van der Waals surface area contributed by atoms with Crippen molar-refractivity contribution in [2.24, 2.45) is 5.92 Å². The highest BCUT2D eigenvalue weighted by molar-refractivity contribution is 6.30. The number of carbonyl (C=O) groups excluding carboxylic acids is 1. The van der Waals surface area contributed by atoms with Crippen molar-refractivity contribution in [2.75, 3.05) is 44.2 Å². The summed E-state index contributed by atoms with van der Waals surface area (Å²) in [6, 6.07) is 7.62. The average Bonchev–Trinajstić information content (AvgIpc) is 3.50. The number of likely N-dealkylation sites (tertiary alicyclic amines) is 1. The maximum atomic E-state index is 12.9. The van der Waals surface area contributed by atoms with E-state index in [0.717, 1.165) is 67.0 Å². The molecule has 1 amide bonds. The Balaban J connectivity index is 1.28. The van der Waals surface area contributed by atoms with Gasteiger partial charge in [-0.05, 0) is 82.9 Å². The molecule has 2 aliphatic rings. The fourth-order valence-electron chi connectivity index (χ4n) is 5.12. The highest BCUT2D eigenvalue weighted by atomic mass is 35.5. The minimum atomic E-state index is -0.0444. The second-order valence-corrected chi connectivity index (χ2v) is 9.82. The molecular formula is C25H32ClN7O. The smallest absolute Gasteiger partial charge is 0.224 e.